The molecule has 4 rings (SSSR count). The first-order chi connectivity index (χ1) is 11.9. The molecule has 0 radical (unpaired) electrons. The number of halogens is 1. The Balaban J connectivity index is 2.01. The molecule has 134 valence electrons. The van der Waals surface area contributed by atoms with E-state index in [1.54, 1.807) is 6.07 Å². The molecule has 0 amide bonds. The summed E-state index contributed by atoms with van der Waals surface area (Å²) in [6.07, 6.45) is 3.80. The molecule has 0 aromatic heterocycles. The maximum atomic E-state index is 12.7. The highest BCUT2D eigenvalue weighted by atomic mass is 35.5. The minimum Gasteiger partial charge on any atom is -0.504 e. The maximum absolute atomic E-state index is 12.7. The lowest BCUT2D eigenvalue weighted by Gasteiger charge is -2.56. The van der Waals surface area contributed by atoms with E-state index in [2.05, 4.69) is 11.9 Å². The second-order valence-corrected chi connectivity index (χ2v) is 7.69. The molecular weight excluding hydrogens is 342 g/mol. The SMILES string of the molecule is COC1=C[C@H]2C3Cc4c(Cl)cc(OC)c(O)c4C2(CCN3C)CC1=O. The second kappa shape index (κ2) is 5.64. The molecule has 5 nitrogen and oxygen atoms in total. The molecule has 3 atom stereocenters. The van der Waals surface area contributed by atoms with Gasteiger partial charge in [-0.05, 0) is 38.1 Å². The van der Waals surface area contributed by atoms with E-state index in [1.165, 1.54) is 14.2 Å². The first-order valence-electron chi connectivity index (χ1n) is 8.51. The summed E-state index contributed by atoms with van der Waals surface area (Å²) in [5.74, 6) is 0.992. The largest absolute Gasteiger partial charge is 0.504 e. The van der Waals surface area contributed by atoms with Crippen molar-refractivity contribution in [2.75, 3.05) is 27.8 Å². The van der Waals surface area contributed by atoms with Crippen LogP contribution in [0.4, 0.5) is 0 Å². The van der Waals surface area contributed by atoms with Gasteiger partial charge in [0.05, 0.1) is 14.2 Å². The number of allylic oxidation sites excluding steroid dienone is 1. The van der Waals surface area contributed by atoms with Crippen LogP contribution in [0, 0.1) is 5.92 Å². The van der Waals surface area contributed by atoms with Crippen molar-refractivity contribution >= 4 is 17.4 Å². The van der Waals surface area contributed by atoms with E-state index in [4.69, 9.17) is 21.1 Å². The zero-order valence-electron chi connectivity index (χ0n) is 14.6. The molecule has 2 aliphatic carbocycles. The third kappa shape index (κ3) is 2.15. The van der Waals surface area contributed by atoms with Gasteiger partial charge in [0, 0.05) is 40.4 Å². The summed E-state index contributed by atoms with van der Waals surface area (Å²) in [5.41, 5.74) is 1.28. The number of ether oxygens (including phenoxy) is 2. The molecular formula is C19H22ClNO4. The second-order valence-electron chi connectivity index (χ2n) is 7.28. The fourth-order valence-electron chi connectivity index (χ4n) is 5.06. The normalized spacial score (nSPS) is 31.0. The molecule has 25 heavy (non-hydrogen) atoms. The van der Waals surface area contributed by atoms with Gasteiger partial charge in [-0.1, -0.05) is 11.6 Å². The summed E-state index contributed by atoms with van der Waals surface area (Å²) in [7, 11) is 5.16. The van der Waals surface area contributed by atoms with Crippen molar-refractivity contribution in [2.24, 2.45) is 5.92 Å². The number of phenolic OH excluding ortho intramolecular Hbond substituents is 1. The molecule has 1 aromatic carbocycles. The molecule has 1 heterocycles. The van der Waals surface area contributed by atoms with Crippen LogP contribution < -0.4 is 4.74 Å². The highest BCUT2D eigenvalue weighted by molar-refractivity contribution is 6.31. The Morgan fingerprint density at radius 1 is 1.36 bits per heavy atom. The number of ketones is 1. The zero-order valence-corrected chi connectivity index (χ0v) is 15.4. The van der Waals surface area contributed by atoms with Crippen LogP contribution in [0.3, 0.4) is 0 Å². The van der Waals surface area contributed by atoms with Crippen LogP contribution in [0.1, 0.15) is 24.0 Å². The summed E-state index contributed by atoms with van der Waals surface area (Å²) < 4.78 is 10.6. The number of nitrogens with zero attached hydrogens (tertiary/aromatic N) is 1. The number of carbonyl (C=O) groups is 1. The predicted molar refractivity (Wildman–Crippen MR) is 94.3 cm³/mol. The standard InChI is InChI=1S/C19H22ClNO4/c1-21-5-4-19-9-14(22)15(24-2)7-11(19)13(21)6-10-12(20)8-16(25-3)18(23)17(10)19/h7-8,11,13,23H,4-6,9H2,1-3H3/t11-,13?,19?/m0/s1. The highest BCUT2D eigenvalue weighted by Gasteiger charge is 2.57. The first-order valence-corrected chi connectivity index (χ1v) is 8.88. The summed E-state index contributed by atoms with van der Waals surface area (Å²) in [4.78, 5) is 15.0. The first kappa shape index (κ1) is 16.7. The van der Waals surface area contributed by atoms with Gasteiger partial charge < -0.3 is 19.5 Å². The summed E-state index contributed by atoms with van der Waals surface area (Å²) >= 11 is 6.54. The van der Waals surface area contributed by atoms with Gasteiger partial charge in [-0.25, -0.2) is 0 Å². The molecule has 1 aliphatic heterocycles. The van der Waals surface area contributed by atoms with Crippen LogP contribution in [0.15, 0.2) is 17.9 Å². The molecule has 6 heteroatoms. The number of fused-ring (bicyclic) bond motifs is 1. The molecule has 0 saturated carbocycles. The van der Waals surface area contributed by atoms with E-state index in [9.17, 15) is 9.90 Å². The van der Waals surface area contributed by atoms with Crippen molar-refractivity contribution in [3.63, 3.8) is 0 Å². The lowest BCUT2D eigenvalue weighted by Crippen LogP contribution is -2.60. The van der Waals surface area contributed by atoms with Crippen molar-refractivity contribution in [1.82, 2.24) is 4.90 Å². The van der Waals surface area contributed by atoms with Crippen molar-refractivity contribution in [2.45, 2.75) is 30.7 Å². The number of likely N-dealkylation sites (tertiary alicyclic amines) is 1. The molecule has 0 spiro atoms. The minimum absolute atomic E-state index is 0.0201. The zero-order chi connectivity index (χ0) is 17.9. The highest BCUT2D eigenvalue weighted by Crippen LogP contribution is 2.58. The van der Waals surface area contributed by atoms with E-state index in [1.807, 2.05) is 6.08 Å². The Bertz CT molecular complexity index is 790. The lowest BCUT2D eigenvalue weighted by atomic mass is 9.53. The quantitative estimate of drug-likeness (QED) is 0.875. The van der Waals surface area contributed by atoms with Gasteiger partial charge in [0.2, 0.25) is 0 Å². The van der Waals surface area contributed by atoms with Crippen LogP contribution in [0.2, 0.25) is 5.02 Å². The smallest absolute Gasteiger partial charge is 0.197 e. The van der Waals surface area contributed by atoms with Gasteiger partial charge in [0.15, 0.2) is 23.0 Å². The lowest BCUT2D eigenvalue weighted by molar-refractivity contribution is -0.122. The van der Waals surface area contributed by atoms with Gasteiger partial charge in [-0.3, -0.25) is 4.79 Å². The van der Waals surface area contributed by atoms with Gasteiger partial charge in [0.25, 0.3) is 0 Å². The Morgan fingerprint density at radius 3 is 2.80 bits per heavy atom. The van der Waals surface area contributed by atoms with Gasteiger partial charge in [0.1, 0.15) is 0 Å². The Labute approximate surface area is 152 Å². The number of rotatable bonds is 2. The Hall–Kier alpha value is -1.72. The van der Waals surface area contributed by atoms with Crippen molar-refractivity contribution < 1.29 is 19.4 Å². The van der Waals surface area contributed by atoms with Crippen LogP contribution >= 0.6 is 11.6 Å². The summed E-state index contributed by atoms with van der Waals surface area (Å²) in [6.45, 7) is 0.873. The fourth-order valence-corrected chi connectivity index (χ4v) is 5.33. The number of hydrogen-bond donors (Lipinski definition) is 1. The predicted octanol–water partition coefficient (Wildman–Crippen LogP) is 2.67. The third-order valence-electron chi connectivity index (χ3n) is 6.28. The van der Waals surface area contributed by atoms with Gasteiger partial charge in [-0.15, -0.1) is 0 Å². The monoisotopic (exact) mass is 363 g/mol. The molecule has 1 aromatic rings. The third-order valence-corrected chi connectivity index (χ3v) is 6.62. The number of hydrogen-bond acceptors (Lipinski definition) is 5. The van der Waals surface area contributed by atoms with Crippen molar-refractivity contribution in [3.8, 4) is 11.5 Å². The van der Waals surface area contributed by atoms with Crippen LogP contribution in [0.25, 0.3) is 0 Å². The van der Waals surface area contributed by atoms with Crippen LogP contribution in [-0.4, -0.2) is 49.6 Å². The molecule has 3 aliphatic rings. The number of carbonyl (C=O) groups excluding carboxylic acids is 1. The number of piperidine rings is 1. The molecule has 2 unspecified atom stereocenters. The molecule has 2 bridgehead atoms. The van der Waals surface area contributed by atoms with E-state index in [0.29, 0.717) is 23.0 Å². The molecule has 1 N–H and O–H groups in total. The molecule has 1 saturated heterocycles. The van der Waals surface area contributed by atoms with Gasteiger partial charge in [-0.2, -0.15) is 0 Å². The number of likely N-dealkylation sites (N-methyl/N-ethyl adjacent to an activating group) is 1. The maximum Gasteiger partial charge on any atom is 0.197 e. The summed E-state index contributed by atoms with van der Waals surface area (Å²) in [6, 6.07) is 1.90. The topological polar surface area (TPSA) is 59.0 Å². The van der Waals surface area contributed by atoms with Crippen molar-refractivity contribution in [3.05, 3.63) is 34.1 Å². The van der Waals surface area contributed by atoms with Crippen LogP contribution in [-0.2, 0) is 21.4 Å². The Kier molecular flexibility index (Phi) is 3.78. The van der Waals surface area contributed by atoms with Crippen molar-refractivity contribution in [1.29, 1.82) is 0 Å². The fraction of sp³-hybridized carbons (Fsp3) is 0.526. The number of benzene rings is 1. The van der Waals surface area contributed by atoms with E-state index in [-0.39, 0.29) is 23.5 Å². The minimum atomic E-state index is -0.452. The summed E-state index contributed by atoms with van der Waals surface area (Å²) in [5, 5.41) is 11.5. The van der Waals surface area contributed by atoms with E-state index < -0.39 is 5.41 Å². The average Bonchev–Trinajstić information content (AvgIpc) is 2.59. The van der Waals surface area contributed by atoms with E-state index in [0.717, 1.165) is 30.5 Å². The van der Waals surface area contributed by atoms with Crippen LogP contribution in [0.5, 0.6) is 11.5 Å². The number of phenols is 1. The number of aromatic hydroxyl groups is 1. The van der Waals surface area contributed by atoms with E-state index >= 15 is 0 Å². The average molecular weight is 364 g/mol. The van der Waals surface area contributed by atoms with Gasteiger partial charge >= 0.3 is 0 Å². The molecule has 1 fully saturated rings. The Morgan fingerprint density at radius 2 is 2.12 bits per heavy atom. The number of Topliss-reactive ketones (excluding diaryl/α,β-unsaturated/α-hetero) is 1. The number of methoxy groups -OCH3 is 2.